The van der Waals surface area contributed by atoms with Crippen LogP contribution in [0.25, 0.3) is 10.9 Å². The summed E-state index contributed by atoms with van der Waals surface area (Å²) < 4.78 is 7.63. The number of hydrogen-bond acceptors (Lipinski definition) is 2. The molecule has 37 heavy (non-hydrogen) atoms. The van der Waals surface area contributed by atoms with Crippen molar-refractivity contribution in [1.82, 2.24) is 9.88 Å². The second kappa shape index (κ2) is 11.2. The Bertz CT molecular complexity index is 1330. The zero-order valence-corrected chi connectivity index (χ0v) is 23.0. The summed E-state index contributed by atoms with van der Waals surface area (Å²) in [6.45, 7) is 12.4. The molecule has 0 aliphatic rings. The molecule has 1 N–H and O–H groups in total. The molecule has 3 aromatic carbocycles. The Labute approximate surface area is 221 Å². The van der Waals surface area contributed by atoms with Crippen LogP contribution in [-0.4, -0.2) is 24.1 Å². The van der Waals surface area contributed by atoms with Crippen molar-refractivity contribution in [3.8, 4) is 5.75 Å². The number of carbonyl (C=O) groups excluding carboxylic acids is 1. The summed E-state index contributed by atoms with van der Waals surface area (Å²) in [7, 11) is 1.69. The number of fused-ring (bicyclic) bond motifs is 1. The lowest BCUT2D eigenvalue weighted by molar-refractivity contribution is -0.121. The van der Waals surface area contributed by atoms with Gasteiger partial charge in [-0.1, -0.05) is 89.2 Å². The summed E-state index contributed by atoms with van der Waals surface area (Å²) in [5, 5.41) is 4.33. The van der Waals surface area contributed by atoms with Crippen LogP contribution in [0.15, 0.2) is 79.0 Å². The molecule has 194 valence electrons. The molecule has 1 aromatic heterocycles. The minimum atomic E-state index is -0.0387. The lowest BCUT2D eigenvalue weighted by atomic mass is 9.83. The van der Waals surface area contributed by atoms with Gasteiger partial charge in [-0.05, 0) is 51.8 Å². The van der Waals surface area contributed by atoms with E-state index < -0.39 is 0 Å². The topological polar surface area (TPSA) is 43.3 Å². The maximum Gasteiger partial charge on any atom is 0.220 e. The standard InChI is InChI=1S/C33H40N2O2/c1-23(2)20-34-32(36)19-29(25-13-15-26(16-14-25)33(3,4)5)30-22-35(31-10-8-7-9-28(30)31)21-24-11-17-27(37-6)18-12-24/h7-18,22-23,29H,19-21H2,1-6H3,(H,34,36)/t29-/m1/s1. The van der Waals surface area contributed by atoms with Crippen LogP contribution in [0.3, 0.4) is 0 Å². The van der Waals surface area contributed by atoms with E-state index in [9.17, 15) is 4.79 Å². The number of carbonyl (C=O) groups is 1. The van der Waals surface area contributed by atoms with E-state index in [4.69, 9.17) is 4.74 Å². The first-order chi connectivity index (χ1) is 17.7. The Morgan fingerprint density at radius 3 is 2.24 bits per heavy atom. The molecular weight excluding hydrogens is 456 g/mol. The zero-order valence-electron chi connectivity index (χ0n) is 23.0. The number of amides is 1. The molecule has 0 saturated heterocycles. The Balaban J connectivity index is 1.75. The van der Waals surface area contributed by atoms with E-state index in [1.165, 1.54) is 33.2 Å². The third-order valence-electron chi connectivity index (χ3n) is 6.98. The molecule has 1 amide bonds. The predicted molar refractivity (Wildman–Crippen MR) is 153 cm³/mol. The zero-order chi connectivity index (χ0) is 26.6. The van der Waals surface area contributed by atoms with Crippen molar-refractivity contribution in [1.29, 1.82) is 0 Å². The SMILES string of the molecule is COc1ccc(Cn2cc([C@H](CC(=O)NCC(C)C)c3ccc(C(C)(C)C)cc3)c3ccccc32)cc1. The average molecular weight is 497 g/mol. The number of ether oxygens (including phenoxy) is 1. The van der Waals surface area contributed by atoms with E-state index in [1.807, 2.05) is 12.1 Å². The van der Waals surface area contributed by atoms with Crippen LogP contribution in [0.2, 0.25) is 0 Å². The number of nitrogens with one attached hydrogen (secondary N) is 1. The minimum absolute atomic E-state index is 0.0387. The van der Waals surface area contributed by atoms with Crippen molar-refractivity contribution in [3.63, 3.8) is 0 Å². The van der Waals surface area contributed by atoms with Crippen molar-refractivity contribution in [2.75, 3.05) is 13.7 Å². The molecule has 0 fully saturated rings. The number of para-hydroxylation sites is 1. The summed E-state index contributed by atoms with van der Waals surface area (Å²) in [6, 6.07) is 25.6. The van der Waals surface area contributed by atoms with Crippen LogP contribution in [0.4, 0.5) is 0 Å². The summed E-state index contributed by atoms with van der Waals surface area (Å²) in [5.74, 6) is 1.32. The highest BCUT2D eigenvalue weighted by Crippen LogP contribution is 2.36. The lowest BCUT2D eigenvalue weighted by Crippen LogP contribution is -2.28. The fraction of sp³-hybridized carbons (Fsp3) is 0.364. The monoisotopic (exact) mass is 496 g/mol. The Morgan fingerprint density at radius 2 is 1.62 bits per heavy atom. The molecule has 0 aliphatic carbocycles. The molecule has 4 aromatic rings. The van der Waals surface area contributed by atoms with Crippen LogP contribution in [0.1, 0.15) is 69.2 Å². The van der Waals surface area contributed by atoms with Crippen LogP contribution < -0.4 is 10.1 Å². The molecular formula is C33H40N2O2. The number of methoxy groups -OCH3 is 1. The molecule has 1 atom stereocenters. The third-order valence-corrected chi connectivity index (χ3v) is 6.98. The summed E-state index contributed by atoms with van der Waals surface area (Å²) in [6.07, 6.45) is 2.66. The van der Waals surface area contributed by atoms with Crippen LogP contribution in [0, 0.1) is 5.92 Å². The van der Waals surface area contributed by atoms with Crippen LogP contribution in [0.5, 0.6) is 5.75 Å². The Hall–Kier alpha value is -3.53. The number of aromatic nitrogens is 1. The molecule has 0 bridgehead atoms. The second-order valence-corrected chi connectivity index (χ2v) is 11.4. The Morgan fingerprint density at radius 1 is 0.946 bits per heavy atom. The first-order valence-corrected chi connectivity index (χ1v) is 13.2. The van der Waals surface area contributed by atoms with Crippen molar-refractivity contribution in [2.24, 2.45) is 5.92 Å². The highest BCUT2D eigenvalue weighted by Gasteiger charge is 2.24. The quantitative estimate of drug-likeness (QED) is 0.264. The van der Waals surface area contributed by atoms with Gasteiger partial charge in [-0.25, -0.2) is 0 Å². The summed E-state index contributed by atoms with van der Waals surface area (Å²) in [4.78, 5) is 13.1. The fourth-order valence-electron chi connectivity index (χ4n) is 4.81. The number of nitrogens with zero attached hydrogens (tertiary/aromatic N) is 1. The first-order valence-electron chi connectivity index (χ1n) is 13.2. The van der Waals surface area contributed by atoms with Gasteiger partial charge in [0.15, 0.2) is 0 Å². The number of rotatable bonds is 9. The molecule has 0 unspecified atom stereocenters. The molecule has 0 radical (unpaired) electrons. The fourth-order valence-corrected chi connectivity index (χ4v) is 4.81. The second-order valence-electron chi connectivity index (χ2n) is 11.4. The molecule has 0 saturated carbocycles. The molecule has 1 heterocycles. The highest BCUT2D eigenvalue weighted by atomic mass is 16.5. The minimum Gasteiger partial charge on any atom is -0.497 e. The molecule has 4 nitrogen and oxygen atoms in total. The van der Waals surface area contributed by atoms with Gasteiger partial charge in [0.25, 0.3) is 0 Å². The molecule has 0 spiro atoms. The van der Waals surface area contributed by atoms with E-state index in [2.05, 4.69) is 111 Å². The van der Waals surface area contributed by atoms with Gasteiger partial charge in [-0.15, -0.1) is 0 Å². The highest BCUT2D eigenvalue weighted by molar-refractivity contribution is 5.86. The maximum atomic E-state index is 13.1. The van der Waals surface area contributed by atoms with Gasteiger partial charge in [0, 0.05) is 42.5 Å². The van der Waals surface area contributed by atoms with Gasteiger partial charge in [0.1, 0.15) is 5.75 Å². The smallest absolute Gasteiger partial charge is 0.220 e. The van der Waals surface area contributed by atoms with E-state index >= 15 is 0 Å². The van der Waals surface area contributed by atoms with E-state index in [1.54, 1.807) is 7.11 Å². The van der Waals surface area contributed by atoms with E-state index in [0.717, 1.165) is 12.3 Å². The molecule has 4 rings (SSSR count). The largest absolute Gasteiger partial charge is 0.497 e. The molecule has 0 aliphatic heterocycles. The summed E-state index contributed by atoms with van der Waals surface area (Å²) >= 11 is 0. The van der Waals surface area contributed by atoms with Gasteiger partial charge in [0.05, 0.1) is 7.11 Å². The van der Waals surface area contributed by atoms with Crippen molar-refractivity contribution in [3.05, 3.63) is 101 Å². The lowest BCUT2D eigenvalue weighted by Gasteiger charge is -2.22. The average Bonchev–Trinajstić information content (AvgIpc) is 3.24. The van der Waals surface area contributed by atoms with Gasteiger partial charge in [-0.3, -0.25) is 4.79 Å². The van der Waals surface area contributed by atoms with Crippen molar-refractivity contribution in [2.45, 2.75) is 58.9 Å². The summed E-state index contributed by atoms with van der Waals surface area (Å²) in [5.41, 5.74) is 6.10. The van der Waals surface area contributed by atoms with E-state index in [-0.39, 0.29) is 17.2 Å². The van der Waals surface area contributed by atoms with Gasteiger partial charge in [0.2, 0.25) is 5.91 Å². The van der Waals surface area contributed by atoms with Gasteiger partial charge >= 0.3 is 0 Å². The van der Waals surface area contributed by atoms with Gasteiger partial charge in [-0.2, -0.15) is 0 Å². The number of benzene rings is 3. The Kier molecular flexibility index (Phi) is 8.06. The first kappa shape index (κ1) is 26.5. The van der Waals surface area contributed by atoms with Crippen molar-refractivity contribution >= 4 is 16.8 Å². The van der Waals surface area contributed by atoms with Crippen molar-refractivity contribution < 1.29 is 9.53 Å². The molecule has 4 heteroatoms. The third kappa shape index (κ3) is 6.43. The van der Waals surface area contributed by atoms with Crippen LogP contribution >= 0.6 is 0 Å². The van der Waals surface area contributed by atoms with Gasteiger partial charge < -0.3 is 14.6 Å². The maximum absolute atomic E-state index is 13.1. The van der Waals surface area contributed by atoms with E-state index in [0.29, 0.717) is 18.9 Å². The van der Waals surface area contributed by atoms with Crippen LogP contribution in [-0.2, 0) is 16.8 Å². The number of hydrogen-bond donors (Lipinski definition) is 1. The normalized spacial score (nSPS) is 12.6. The predicted octanol–water partition coefficient (Wildman–Crippen LogP) is 7.29.